The largest absolute Gasteiger partial charge is 0.328 e. The second kappa shape index (κ2) is 4.73. The van der Waals surface area contributed by atoms with E-state index in [9.17, 15) is 0 Å². The summed E-state index contributed by atoms with van der Waals surface area (Å²) in [6.07, 6.45) is 5.88. The lowest BCUT2D eigenvalue weighted by atomic mass is 10.1. The van der Waals surface area contributed by atoms with Gasteiger partial charge in [0.2, 0.25) is 5.82 Å². The monoisotopic (exact) mass is 201 g/mol. The van der Waals surface area contributed by atoms with Gasteiger partial charge in [-0.2, -0.15) is 4.98 Å². The van der Waals surface area contributed by atoms with Crippen LogP contribution in [0.2, 0.25) is 0 Å². The fourth-order valence-electron chi connectivity index (χ4n) is 1.51. The third-order valence-corrected chi connectivity index (χ3v) is 2.33. The first-order valence-electron chi connectivity index (χ1n) is 5.19. The van der Waals surface area contributed by atoms with E-state index in [-0.39, 0.29) is 0 Å². The number of benzene rings is 1. The van der Waals surface area contributed by atoms with Gasteiger partial charge in [0.15, 0.2) is 0 Å². The van der Waals surface area contributed by atoms with Gasteiger partial charge < -0.3 is 4.52 Å². The number of aromatic nitrogens is 2. The van der Waals surface area contributed by atoms with E-state index in [2.05, 4.69) is 40.1 Å². The molecule has 0 aliphatic rings. The lowest BCUT2D eigenvalue weighted by Crippen LogP contribution is -1.86. The lowest BCUT2D eigenvalue weighted by molar-refractivity contribution is 0.411. The van der Waals surface area contributed by atoms with Crippen molar-refractivity contribution in [3.63, 3.8) is 0 Å². The Morgan fingerprint density at radius 3 is 3.07 bits per heavy atom. The zero-order valence-electron chi connectivity index (χ0n) is 8.73. The highest BCUT2D eigenvalue weighted by molar-refractivity contribution is 5.54. The van der Waals surface area contributed by atoms with Crippen LogP contribution in [0.15, 0.2) is 28.8 Å². The fraction of sp³-hybridized carbons (Fsp3) is 0.333. The molecule has 77 valence electrons. The van der Waals surface area contributed by atoms with Gasteiger partial charge in [-0.3, -0.25) is 0 Å². The molecule has 1 heterocycles. The smallest absolute Gasteiger partial charge is 0.316 e. The number of unbranched alkanes of at least 4 members (excludes halogenated alkanes) is 1. The summed E-state index contributed by atoms with van der Waals surface area (Å²) in [6.45, 7) is 2.19. The van der Waals surface area contributed by atoms with E-state index in [1.165, 1.54) is 18.4 Å². The molecule has 15 heavy (non-hydrogen) atoms. The first kappa shape index (κ1) is 9.90. The maximum atomic E-state index is 4.60. The van der Waals surface area contributed by atoms with E-state index in [0.29, 0.717) is 5.82 Å². The number of aryl methyl sites for hydroxylation is 1. The summed E-state index contributed by atoms with van der Waals surface area (Å²) in [4.78, 5) is 3.91. The topological polar surface area (TPSA) is 38.9 Å². The minimum atomic E-state index is 0.605. The van der Waals surface area contributed by atoms with E-state index >= 15 is 0 Å². The average molecular weight is 201 g/mol. The zero-order chi connectivity index (χ0) is 10.5. The summed E-state index contributed by atoms with van der Waals surface area (Å²) in [5.41, 5.74) is 2.31. The molecule has 0 unspecified atom stereocenters. The summed E-state index contributed by atoms with van der Waals surface area (Å²) in [7, 11) is 0. The van der Waals surface area contributed by atoms with Crippen LogP contribution in [-0.2, 0) is 6.42 Å². The van der Waals surface area contributed by atoms with Crippen LogP contribution in [0.25, 0.3) is 11.4 Å². The normalized spacial score (nSPS) is 10.5. The van der Waals surface area contributed by atoms with Crippen molar-refractivity contribution in [1.29, 1.82) is 0 Å². The maximum absolute atomic E-state index is 4.60. The van der Waals surface area contributed by atoms with Crippen molar-refractivity contribution >= 4 is 0 Å². The van der Waals surface area contributed by atoms with Crippen LogP contribution in [0.1, 0.15) is 25.3 Å². The molecule has 3 nitrogen and oxygen atoms in total. The first-order valence-corrected chi connectivity index (χ1v) is 5.19. The lowest BCUT2D eigenvalue weighted by Gasteiger charge is -2.01. The molecule has 0 fully saturated rings. The Hall–Kier alpha value is -1.64. The molecule has 0 saturated heterocycles. The van der Waals surface area contributed by atoms with Gasteiger partial charge >= 0.3 is 6.39 Å². The van der Waals surface area contributed by atoms with Gasteiger partial charge in [0.1, 0.15) is 0 Å². The van der Waals surface area contributed by atoms with Crippen molar-refractivity contribution in [2.24, 2.45) is 0 Å². The SMILES string of the molecule is CCCCc1cccc(-c2n[c]on2)c1. The van der Waals surface area contributed by atoms with Gasteiger partial charge in [0, 0.05) is 5.56 Å². The summed E-state index contributed by atoms with van der Waals surface area (Å²) in [5, 5.41) is 3.77. The summed E-state index contributed by atoms with van der Waals surface area (Å²) >= 11 is 0. The third-order valence-electron chi connectivity index (χ3n) is 2.33. The molecule has 0 atom stereocenters. The van der Waals surface area contributed by atoms with Crippen molar-refractivity contribution in [3.8, 4) is 11.4 Å². The summed E-state index contributed by atoms with van der Waals surface area (Å²) in [5.74, 6) is 0.605. The van der Waals surface area contributed by atoms with Crippen LogP contribution in [-0.4, -0.2) is 10.1 Å². The van der Waals surface area contributed by atoms with Crippen molar-refractivity contribution in [3.05, 3.63) is 36.2 Å². The molecular formula is C12H13N2O. The van der Waals surface area contributed by atoms with Crippen molar-refractivity contribution in [1.82, 2.24) is 10.1 Å². The van der Waals surface area contributed by atoms with Crippen molar-refractivity contribution in [2.45, 2.75) is 26.2 Å². The molecule has 2 rings (SSSR count). The van der Waals surface area contributed by atoms with Gasteiger partial charge in [-0.05, 0) is 24.5 Å². The minimum absolute atomic E-state index is 0.605. The second-order valence-electron chi connectivity index (χ2n) is 3.51. The second-order valence-corrected chi connectivity index (χ2v) is 3.51. The Kier molecular flexibility index (Phi) is 3.12. The Morgan fingerprint density at radius 2 is 2.33 bits per heavy atom. The van der Waals surface area contributed by atoms with Crippen LogP contribution >= 0.6 is 0 Å². The number of rotatable bonds is 4. The van der Waals surface area contributed by atoms with Gasteiger partial charge in [0.25, 0.3) is 0 Å². The van der Waals surface area contributed by atoms with E-state index in [1.54, 1.807) is 0 Å². The Bertz CT molecular complexity index is 409. The first-order chi connectivity index (χ1) is 7.40. The van der Waals surface area contributed by atoms with E-state index in [1.807, 2.05) is 12.1 Å². The molecule has 3 heteroatoms. The molecule has 1 aromatic carbocycles. The quantitative estimate of drug-likeness (QED) is 0.763. The average Bonchev–Trinajstić information content (AvgIpc) is 2.80. The minimum Gasteiger partial charge on any atom is -0.328 e. The van der Waals surface area contributed by atoms with Crippen LogP contribution in [0.3, 0.4) is 0 Å². The highest BCUT2D eigenvalue weighted by atomic mass is 16.5. The van der Waals surface area contributed by atoms with E-state index < -0.39 is 0 Å². The molecule has 0 aliphatic heterocycles. The number of hydrogen-bond acceptors (Lipinski definition) is 3. The Balaban J connectivity index is 2.19. The predicted molar refractivity (Wildman–Crippen MR) is 57.2 cm³/mol. The van der Waals surface area contributed by atoms with Crippen LogP contribution in [0, 0.1) is 6.39 Å². The van der Waals surface area contributed by atoms with Crippen LogP contribution in [0.5, 0.6) is 0 Å². The molecule has 0 N–H and O–H groups in total. The van der Waals surface area contributed by atoms with Gasteiger partial charge in [-0.1, -0.05) is 36.7 Å². The predicted octanol–water partition coefficient (Wildman–Crippen LogP) is 2.88. The summed E-state index contributed by atoms with van der Waals surface area (Å²) in [6, 6.07) is 8.24. The standard InChI is InChI=1S/C12H13N2O/c1-2-3-5-10-6-4-7-11(8-10)12-13-9-15-14-12/h4,6-8H,2-3,5H2,1H3. The van der Waals surface area contributed by atoms with E-state index in [4.69, 9.17) is 0 Å². The highest BCUT2D eigenvalue weighted by Gasteiger charge is 2.03. The van der Waals surface area contributed by atoms with E-state index in [0.717, 1.165) is 12.0 Å². The molecule has 0 saturated carbocycles. The highest BCUT2D eigenvalue weighted by Crippen LogP contribution is 2.16. The fourth-order valence-corrected chi connectivity index (χ4v) is 1.51. The van der Waals surface area contributed by atoms with Crippen molar-refractivity contribution < 1.29 is 4.52 Å². The Morgan fingerprint density at radius 1 is 1.40 bits per heavy atom. The molecule has 1 aromatic heterocycles. The number of nitrogens with zero attached hydrogens (tertiary/aromatic N) is 2. The molecule has 0 aliphatic carbocycles. The number of hydrogen-bond donors (Lipinski definition) is 0. The molecule has 2 aromatic rings. The summed E-state index contributed by atoms with van der Waals surface area (Å²) < 4.78 is 4.60. The third kappa shape index (κ3) is 2.43. The molecule has 0 amide bonds. The maximum Gasteiger partial charge on any atom is 0.316 e. The van der Waals surface area contributed by atoms with Gasteiger partial charge in [0.05, 0.1) is 0 Å². The molecular weight excluding hydrogens is 188 g/mol. The van der Waals surface area contributed by atoms with Gasteiger partial charge in [-0.25, -0.2) is 0 Å². The van der Waals surface area contributed by atoms with Crippen LogP contribution in [0.4, 0.5) is 0 Å². The molecule has 0 bridgehead atoms. The zero-order valence-corrected chi connectivity index (χ0v) is 8.73. The molecule has 1 radical (unpaired) electrons. The molecule has 0 spiro atoms. The van der Waals surface area contributed by atoms with Crippen molar-refractivity contribution in [2.75, 3.05) is 0 Å². The van der Waals surface area contributed by atoms with Crippen LogP contribution < -0.4 is 0 Å². The Labute approximate surface area is 89.1 Å². The van der Waals surface area contributed by atoms with Gasteiger partial charge in [-0.15, -0.1) is 0 Å².